The van der Waals surface area contributed by atoms with Crippen molar-refractivity contribution in [1.29, 1.82) is 0 Å². The summed E-state index contributed by atoms with van der Waals surface area (Å²) in [7, 11) is 3.74. The third-order valence-electron chi connectivity index (χ3n) is 3.13. The number of aliphatic imine (C=N–C) groups is 1. The summed E-state index contributed by atoms with van der Waals surface area (Å²) in [4.78, 5) is 4.22. The summed E-state index contributed by atoms with van der Waals surface area (Å²) in [6, 6.07) is 0. The van der Waals surface area contributed by atoms with E-state index < -0.39 is 0 Å². The molecule has 0 spiro atoms. The molecular weight excluding hydrogens is 278 g/mol. The summed E-state index contributed by atoms with van der Waals surface area (Å²) >= 11 is 0. The van der Waals surface area contributed by atoms with Crippen molar-refractivity contribution < 1.29 is 4.74 Å². The molecule has 0 aliphatic heterocycles. The zero-order valence-corrected chi connectivity index (χ0v) is 14.4. The second-order valence-corrected chi connectivity index (χ2v) is 5.87. The molecule has 126 valence electrons. The summed E-state index contributed by atoms with van der Waals surface area (Å²) in [6.45, 7) is 7.73. The highest BCUT2D eigenvalue weighted by Crippen LogP contribution is 1.99. The molecule has 0 amide bonds. The predicted molar refractivity (Wildman–Crippen MR) is 91.2 cm³/mol. The fourth-order valence-electron chi connectivity index (χ4n) is 2.02. The Bertz CT molecular complexity index is 428. The Kier molecular flexibility index (Phi) is 9.30. The van der Waals surface area contributed by atoms with Crippen LogP contribution in [-0.4, -0.2) is 49.1 Å². The highest BCUT2D eigenvalue weighted by Gasteiger charge is 1.99. The van der Waals surface area contributed by atoms with Gasteiger partial charge >= 0.3 is 0 Å². The lowest BCUT2D eigenvalue weighted by Crippen LogP contribution is -2.38. The summed E-state index contributed by atoms with van der Waals surface area (Å²) < 4.78 is 7.39. The van der Waals surface area contributed by atoms with Crippen LogP contribution >= 0.6 is 0 Å². The standard InChI is InChI=1S/C16H31N5O/c1-14(2)13-22-10-6-9-19-16(17-3)18-8-5-7-15-11-20-21(4)12-15/h11-12,14H,5-10,13H2,1-4H3,(H2,17,18,19). The number of nitrogens with one attached hydrogen (secondary N) is 2. The molecule has 0 aliphatic carbocycles. The Hall–Kier alpha value is -1.56. The fraction of sp³-hybridized carbons (Fsp3) is 0.750. The van der Waals surface area contributed by atoms with Gasteiger partial charge in [0.05, 0.1) is 6.20 Å². The van der Waals surface area contributed by atoms with E-state index in [4.69, 9.17) is 4.74 Å². The van der Waals surface area contributed by atoms with Gasteiger partial charge in [0.25, 0.3) is 0 Å². The van der Waals surface area contributed by atoms with Crippen molar-refractivity contribution in [1.82, 2.24) is 20.4 Å². The van der Waals surface area contributed by atoms with Crippen LogP contribution in [0, 0.1) is 5.92 Å². The Balaban J connectivity index is 2.02. The van der Waals surface area contributed by atoms with Crippen LogP contribution < -0.4 is 10.6 Å². The smallest absolute Gasteiger partial charge is 0.190 e. The van der Waals surface area contributed by atoms with Gasteiger partial charge in [-0.15, -0.1) is 0 Å². The molecule has 0 saturated heterocycles. The molecule has 0 aromatic carbocycles. The van der Waals surface area contributed by atoms with Crippen molar-refractivity contribution in [3.05, 3.63) is 18.0 Å². The molecule has 6 nitrogen and oxygen atoms in total. The molecule has 1 heterocycles. The largest absolute Gasteiger partial charge is 0.381 e. The maximum absolute atomic E-state index is 5.55. The van der Waals surface area contributed by atoms with Crippen molar-refractivity contribution in [2.24, 2.45) is 18.0 Å². The Labute approximate surface area is 134 Å². The summed E-state index contributed by atoms with van der Waals surface area (Å²) in [5, 5.41) is 10.8. The summed E-state index contributed by atoms with van der Waals surface area (Å²) in [5.74, 6) is 1.46. The average Bonchev–Trinajstić information content (AvgIpc) is 2.90. The van der Waals surface area contributed by atoms with Gasteiger partial charge in [-0.3, -0.25) is 9.67 Å². The second-order valence-electron chi connectivity index (χ2n) is 5.87. The average molecular weight is 309 g/mol. The van der Waals surface area contributed by atoms with E-state index in [1.54, 1.807) is 7.05 Å². The number of hydrogen-bond acceptors (Lipinski definition) is 3. The molecule has 0 saturated carbocycles. The molecule has 22 heavy (non-hydrogen) atoms. The second kappa shape index (κ2) is 11.1. The molecule has 0 radical (unpaired) electrons. The monoisotopic (exact) mass is 309 g/mol. The molecule has 1 rings (SSSR count). The molecule has 2 N–H and O–H groups in total. The van der Waals surface area contributed by atoms with Crippen LogP contribution in [0.1, 0.15) is 32.3 Å². The molecule has 0 atom stereocenters. The highest BCUT2D eigenvalue weighted by atomic mass is 16.5. The third-order valence-corrected chi connectivity index (χ3v) is 3.13. The minimum Gasteiger partial charge on any atom is -0.381 e. The first-order valence-corrected chi connectivity index (χ1v) is 8.11. The molecule has 0 fully saturated rings. The summed E-state index contributed by atoms with van der Waals surface area (Å²) in [6.07, 6.45) is 7.06. The first-order chi connectivity index (χ1) is 10.6. The first kappa shape index (κ1) is 18.5. The maximum atomic E-state index is 5.55. The Morgan fingerprint density at radius 1 is 1.32 bits per heavy atom. The van der Waals surface area contributed by atoms with E-state index in [9.17, 15) is 0 Å². The van der Waals surface area contributed by atoms with E-state index in [2.05, 4.69) is 40.8 Å². The van der Waals surface area contributed by atoms with Crippen LogP contribution in [0.15, 0.2) is 17.4 Å². The molecule has 6 heteroatoms. The van der Waals surface area contributed by atoms with Crippen LogP contribution in [0.3, 0.4) is 0 Å². The maximum Gasteiger partial charge on any atom is 0.190 e. The molecular formula is C16H31N5O. The lowest BCUT2D eigenvalue weighted by molar-refractivity contribution is 0.108. The highest BCUT2D eigenvalue weighted by molar-refractivity contribution is 5.79. The predicted octanol–water partition coefficient (Wildman–Crippen LogP) is 1.58. The number of aryl methyl sites for hydroxylation is 2. The SMILES string of the molecule is CN=C(NCCCOCC(C)C)NCCCc1cnn(C)c1. The zero-order valence-electron chi connectivity index (χ0n) is 14.4. The number of rotatable bonds is 10. The van der Waals surface area contributed by atoms with Crippen molar-refractivity contribution in [3.8, 4) is 0 Å². The van der Waals surface area contributed by atoms with Crippen LogP contribution in [-0.2, 0) is 18.2 Å². The van der Waals surface area contributed by atoms with E-state index in [1.807, 2.05) is 17.9 Å². The van der Waals surface area contributed by atoms with Gasteiger partial charge in [0.15, 0.2) is 5.96 Å². The van der Waals surface area contributed by atoms with E-state index in [1.165, 1.54) is 5.56 Å². The molecule has 1 aromatic rings. The van der Waals surface area contributed by atoms with Crippen LogP contribution in [0.2, 0.25) is 0 Å². The van der Waals surface area contributed by atoms with Gasteiger partial charge in [-0.1, -0.05) is 13.8 Å². The Morgan fingerprint density at radius 3 is 2.64 bits per heavy atom. The van der Waals surface area contributed by atoms with Crippen LogP contribution in [0.5, 0.6) is 0 Å². The molecule has 0 bridgehead atoms. The Morgan fingerprint density at radius 2 is 2.05 bits per heavy atom. The minimum absolute atomic E-state index is 0.599. The number of guanidine groups is 1. The fourth-order valence-corrected chi connectivity index (χ4v) is 2.02. The van der Waals surface area contributed by atoms with E-state index in [-0.39, 0.29) is 0 Å². The van der Waals surface area contributed by atoms with Crippen molar-refractivity contribution >= 4 is 5.96 Å². The number of hydrogen-bond donors (Lipinski definition) is 2. The van der Waals surface area contributed by atoms with Gasteiger partial charge in [-0.05, 0) is 30.7 Å². The minimum atomic E-state index is 0.599. The summed E-state index contributed by atoms with van der Waals surface area (Å²) in [5.41, 5.74) is 1.27. The quantitative estimate of drug-likeness (QED) is 0.391. The number of aromatic nitrogens is 2. The number of nitrogens with zero attached hydrogens (tertiary/aromatic N) is 3. The van der Waals surface area contributed by atoms with Gasteiger partial charge in [-0.25, -0.2) is 0 Å². The third kappa shape index (κ3) is 8.67. The van der Waals surface area contributed by atoms with Crippen LogP contribution in [0.25, 0.3) is 0 Å². The van der Waals surface area contributed by atoms with Crippen LogP contribution in [0.4, 0.5) is 0 Å². The molecule has 0 aliphatic rings. The van der Waals surface area contributed by atoms with Gasteiger partial charge < -0.3 is 15.4 Å². The first-order valence-electron chi connectivity index (χ1n) is 8.11. The van der Waals surface area contributed by atoms with Gasteiger partial charge in [0, 0.05) is 46.6 Å². The van der Waals surface area contributed by atoms with E-state index in [0.29, 0.717) is 5.92 Å². The van der Waals surface area contributed by atoms with Crippen molar-refractivity contribution in [3.63, 3.8) is 0 Å². The topological polar surface area (TPSA) is 63.5 Å². The van der Waals surface area contributed by atoms with E-state index >= 15 is 0 Å². The van der Waals surface area contributed by atoms with Gasteiger partial charge in [0.1, 0.15) is 0 Å². The lowest BCUT2D eigenvalue weighted by Gasteiger charge is -2.12. The van der Waals surface area contributed by atoms with E-state index in [0.717, 1.165) is 51.5 Å². The van der Waals surface area contributed by atoms with Gasteiger partial charge in [0.2, 0.25) is 0 Å². The zero-order chi connectivity index (χ0) is 16.2. The molecule has 0 unspecified atom stereocenters. The normalized spacial score (nSPS) is 12.0. The lowest BCUT2D eigenvalue weighted by atomic mass is 10.2. The number of ether oxygens (including phenoxy) is 1. The van der Waals surface area contributed by atoms with Crippen molar-refractivity contribution in [2.45, 2.75) is 33.1 Å². The molecule has 1 aromatic heterocycles. The van der Waals surface area contributed by atoms with Crippen molar-refractivity contribution in [2.75, 3.05) is 33.4 Å². The van der Waals surface area contributed by atoms with Gasteiger partial charge in [-0.2, -0.15) is 5.10 Å².